The van der Waals surface area contributed by atoms with E-state index in [0.29, 0.717) is 5.89 Å². The van der Waals surface area contributed by atoms with Gasteiger partial charge in [0.1, 0.15) is 16.7 Å². The number of anilines is 3. The number of para-hydroxylation sites is 3. The van der Waals surface area contributed by atoms with Crippen molar-refractivity contribution in [1.82, 2.24) is 9.55 Å². The monoisotopic (exact) mass is 667 g/mol. The van der Waals surface area contributed by atoms with Crippen molar-refractivity contribution in [3.8, 4) is 17.1 Å². The molecule has 3 aromatic heterocycles. The Morgan fingerprint density at radius 3 is 1.87 bits per heavy atom. The molecule has 0 aliphatic heterocycles. The van der Waals surface area contributed by atoms with Crippen molar-refractivity contribution in [2.24, 2.45) is 0 Å². The Hall–Kier alpha value is -7.11. The van der Waals surface area contributed by atoms with Crippen LogP contribution in [0.1, 0.15) is 0 Å². The maximum Gasteiger partial charge on any atom is 0.227 e. The zero-order valence-electron chi connectivity index (χ0n) is 27.9. The van der Waals surface area contributed by atoms with Gasteiger partial charge in [-0.25, -0.2) is 4.98 Å². The maximum absolute atomic E-state index is 6.56. The van der Waals surface area contributed by atoms with Crippen molar-refractivity contribution >= 4 is 82.7 Å². The number of rotatable bonds is 5. The molecule has 0 atom stereocenters. The normalized spacial score (nSPS) is 11.8. The Morgan fingerprint density at radius 1 is 0.423 bits per heavy atom. The van der Waals surface area contributed by atoms with E-state index in [2.05, 4.69) is 143 Å². The topological polar surface area (TPSA) is 47.3 Å². The summed E-state index contributed by atoms with van der Waals surface area (Å²) >= 11 is 0. The molecule has 0 bridgehead atoms. The number of nitrogens with zero attached hydrogens (tertiary/aromatic N) is 3. The first kappa shape index (κ1) is 28.7. The van der Waals surface area contributed by atoms with Crippen LogP contribution in [0.5, 0.6) is 0 Å². The molecule has 244 valence electrons. The highest BCUT2D eigenvalue weighted by molar-refractivity contribution is 6.14. The van der Waals surface area contributed by atoms with Gasteiger partial charge in [-0.05, 0) is 60.7 Å². The van der Waals surface area contributed by atoms with Gasteiger partial charge in [-0.3, -0.25) is 0 Å². The molecular formula is C47H29N3O2. The van der Waals surface area contributed by atoms with E-state index in [9.17, 15) is 0 Å². The van der Waals surface area contributed by atoms with Crippen LogP contribution in [-0.4, -0.2) is 9.55 Å². The summed E-state index contributed by atoms with van der Waals surface area (Å²) in [5.74, 6) is 0.599. The summed E-state index contributed by atoms with van der Waals surface area (Å²) in [4.78, 5) is 7.35. The third-order valence-corrected chi connectivity index (χ3v) is 10.2. The summed E-state index contributed by atoms with van der Waals surface area (Å²) in [5, 5.41) is 6.68. The van der Waals surface area contributed by atoms with Crippen LogP contribution in [0.3, 0.4) is 0 Å². The van der Waals surface area contributed by atoms with Gasteiger partial charge < -0.3 is 18.3 Å². The molecular weight excluding hydrogens is 639 g/mol. The van der Waals surface area contributed by atoms with Crippen molar-refractivity contribution in [1.29, 1.82) is 0 Å². The third-order valence-electron chi connectivity index (χ3n) is 10.2. The molecule has 0 saturated carbocycles. The van der Waals surface area contributed by atoms with E-state index in [1.807, 2.05) is 42.5 Å². The predicted molar refractivity (Wildman–Crippen MR) is 213 cm³/mol. The second-order valence-corrected chi connectivity index (χ2v) is 13.2. The smallest absolute Gasteiger partial charge is 0.227 e. The highest BCUT2D eigenvalue weighted by atomic mass is 16.3. The molecule has 11 rings (SSSR count). The summed E-state index contributed by atoms with van der Waals surface area (Å²) in [7, 11) is 0. The molecule has 52 heavy (non-hydrogen) atoms. The minimum atomic E-state index is 0.599. The van der Waals surface area contributed by atoms with Crippen molar-refractivity contribution in [3.05, 3.63) is 176 Å². The van der Waals surface area contributed by atoms with E-state index in [1.165, 1.54) is 10.8 Å². The van der Waals surface area contributed by atoms with Crippen LogP contribution >= 0.6 is 0 Å². The highest BCUT2D eigenvalue weighted by Gasteiger charge is 2.23. The molecule has 5 heteroatoms. The molecule has 0 fully saturated rings. The van der Waals surface area contributed by atoms with Gasteiger partial charge in [-0.1, -0.05) is 103 Å². The molecule has 8 aromatic carbocycles. The molecule has 0 amide bonds. The number of fused-ring (bicyclic) bond motifs is 9. The molecule has 11 aromatic rings. The minimum absolute atomic E-state index is 0.599. The molecule has 0 aliphatic rings. The second-order valence-electron chi connectivity index (χ2n) is 13.2. The van der Waals surface area contributed by atoms with Crippen molar-refractivity contribution in [2.75, 3.05) is 4.90 Å². The Labute approximate surface area is 298 Å². The first-order valence-electron chi connectivity index (χ1n) is 17.5. The molecule has 0 saturated heterocycles. The van der Waals surface area contributed by atoms with E-state index >= 15 is 0 Å². The van der Waals surface area contributed by atoms with E-state index in [0.717, 1.165) is 83.2 Å². The van der Waals surface area contributed by atoms with Gasteiger partial charge in [0.05, 0.1) is 16.7 Å². The van der Waals surface area contributed by atoms with Gasteiger partial charge in [0.25, 0.3) is 0 Å². The molecule has 0 unspecified atom stereocenters. The summed E-state index contributed by atoms with van der Waals surface area (Å²) in [6.45, 7) is 0. The lowest BCUT2D eigenvalue weighted by Gasteiger charge is -2.27. The number of hydrogen-bond donors (Lipinski definition) is 0. The van der Waals surface area contributed by atoms with Crippen LogP contribution in [0.25, 0.3) is 82.8 Å². The summed E-state index contributed by atoms with van der Waals surface area (Å²) in [6, 6.07) is 61.4. The Balaban J connectivity index is 1.21. The molecule has 0 aliphatic carbocycles. The van der Waals surface area contributed by atoms with E-state index in [4.69, 9.17) is 13.8 Å². The van der Waals surface area contributed by atoms with Crippen LogP contribution in [-0.2, 0) is 0 Å². The zero-order valence-corrected chi connectivity index (χ0v) is 27.9. The van der Waals surface area contributed by atoms with Crippen molar-refractivity contribution in [3.63, 3.8) is 0 Å². The largest absolute Gasteiger partial charge is 0.456 e. The second kappa shape index (κ2) is 11.2. The predicted octanol–water partition coefficient (Wildman–Crippen LogP) is 13.1. The number of benzene rings is 8. The van der Waals surface area contributed by atoms with E-state index < -0.39 is 0 Å². The minimum Gasteiger partial charge on any atom is -0.456 e. The zero-order chi connectivity index (χ0) is 34.2. The lowest BCUT2D eigenvalue weighted by atomic mass is 10.0. The number of aromatic nitrogens is 2. The third kappa shape index (κ3) is 4.33. The highest BCUT2D eigenvalue weighted by Crippen LogP contribution is 2.45. The maximum atomic E-state index is 6.56. The molecule has 0 radical (unpaired) electrons. The number of furan rings is 1. The average Bonchev–Trinajstić information content (AvgIpc) is 3.90. The van der Waals surface area contributed by atoms with Crippen molar-refractivity contribution < 1.29 is 8.83 Å². The lowest BCUT2D eigenvalue weighted by molar-refractivity contribution is 0.620. The SMILES string of the molecule is c1ccc(-c2nc3c(cc(N(c4ccc5c(c4)oc4ccccc45)c4ccc5c6ccccc6n(-c6ccccc6)c5c4)c4ccccc43)o2)cc1. The van der Waals surface area contributed by atoms with Crippen LogP contribution in [0, 0.1) is 0 Å². The molecule has 0 N–H and O–H groups in total. The molecule has 3 heterocycles. The summed E-state index contributed by atoms with van der Waals surface area (Å²) < 4.78 is 15.4. The van der Waals surface area contributed by atoms with E-state index in [1.54, 1.807) is 0 Å². The van der Waals surface area contributed by atoms with Crippen LogP contribution in [0.4, 0.5) is 17.1 Å². The Bertz CT molecular complexity index is 3140. The lowest BCUT2D eigenvalue weighted by Crippen LogP contribution is -2.11. The summed E-state index contributed by atoms with van der Waals surface area (Å²) in [6.07, 6.45) is 0. The molecule has 5 nitrogen and oxygen atoms in total. The van der Waals surface area contributed by atoms with Gasteiger partial charge >= 0.3 is 0 Å². The van der Waals surface area contributed by atoms with E-state index in [-0.39, 0.29) is 0 Å². The van der Waals surface area contributed by atoms with Gasteiger partial charge in [-0.2, -0.15) is 0 Å². The van der Waals surface area contributed by atoms with Gasteiger partial charge in [0.15, 0.2) is 5.58 Å². The molecule has 0 spiro atoms. The van der Waals surface area contributed by atoms with Crippen LogP contribution in [0.2, 0.25) is 0 Å². The quantitative estimate of drug-likeness (QED) is 0.183. The van der Waals surface area contributed by atoms with Crippen LogP contribution < -0.4 is 4.90 Å². The first-order chi connectivity index (χ1) is 25.8. The standard InChI is InChI=1S/C47H29N3O2/c1-3-13-30(14-4-1)47-48-46-39-20-8-7-18-35(39)42(29-45(46)52-47)49(33-24-26-38-37-19-10-12-22-43(37)51-44(38)28-33)32-23-25-36-34-17-9-11-21-40(34)50(41(36)27-32)31-15-5-2-6-16-31/h1-29H. The fourth-order valence-electron chi connectivity index (χ4n) is 7.86. The van der Waals surface area contributed by atoms with Crippen LogP contribution in [0.15, 0.2) is 185 Å². The summed E-state index contributed by atoms with van der Waals surface area (Å²) in [5.41, 5.74) is 10.6. The van der Waals surface area contributed by atoms with Gasteiger partial charge in [-0.15, -0.1) is 0 Å². The fraction of sp³-hybridized carbons (Fsp3) is 0. The number of hydrogen-bond acceptors (Lipinski definition) is 4. The Morgan fingerprint density at radius 2 is 1.04 bits per heavy atom. The Kier molecular flexibility index (Phi) is 6.18. The fourth-order valence-corrected chi connectivity index (χ4v) is 7.86. The first-order valence-corrected chi connectivity index (χ1v) is 17.5. The van der Waals surface area contributed by atoms with Gasteiger partial charge in [0, 0.05) is 67.1 Å². The average molecular weight is 668 g/mol. The van der Waals surface area contributed by atoms with Gasteiger partial charge in [0.2, 0.25) is 5.89 Å². The number of oxazole rings is 1. The van der Waals surface area contributed by atoms with Crippen molar-refractivity contribution in [2.45, 2.75) is 0 Å².